The number of nitrogens with two attached hydrogens (primary N) is 1. The zero-order valence-electron chi connectivity index (χ0n) is 25.2. The molecule has 0 spiro atoms. The Hall–Kier alpha value is -1.58. The molecule has 0 aliphatic carbocycles. The zero-order chi connectivity index (χ0) is 28.3. The highest BCUT2D eigenvalue weighted by molar-refractivity contribution is 5.85. The van der Waals surface area contributed by atoms with Gasteiger partial charge in [0.25, 0.3) is 0 Å². The largest absolute Gasteiger partial charge is 0.493 e. The van der Waals surface area contributed by atoms with Crippen molar-refractivity contribution < 1.29 is 24.1 Å². The lowest BCUT2D eigenvalue weighted by Gasteiger charge is -2.42. The lowest BCUT2D eigenvalue weighted by molar-refractivity contribution is -0.134. The van der Waals surface area contributed by atoms with E-state index in [0.29, 0.717) is 31.3 Å². The number of benzene rings is 1. The summed E-state index contributed by atoms with van der Waals surface area (Å²) in [4.78, 5) is 15.4. The molecule has 2 rings (SSSR count). The Morgan fingerprint density at radius 3 is 2.54 bits per heavy atom. The number of piperidine rings is 1. The summed E-state index contributed by atoms with van der Waals surface area (Å²) in [5.74, 6) is 2.03. The second-order valence-electron chi connectivity index (χ2n) is 11.8. The van der Waals surface area contributed by atoms with Crippen LogP contribution in [0.15, 0.2) is 18.2 Å². The van der Waals surface area contributed by atoms with Gasteiger partial charge in [-0.15, -0.1) is 12.4 Å². The van der Waals surface area contributed by atoms with Gasteiger partial charge >= 0.3 is 0 Å². The summed E-state index contributed by atoms with van der Waals surface area (Å²) in [6.45, 7) is 10.7. The average Bonchev–Trinajstić information content (AvgIpc) is 2.89. The molecule has 4 atom stereocenters. The van der Waals surface area contributed by atoms with Gasteiger partial charge in [-0.2, -0.15) is 0 Å². The highest BCUT2D eigenvalue weighted by atomic mass is 35.5. The van der Waals surface area contributed by atoms with Crippen molar-refractivity contribution in [1.82, 2.24) is 10.2 Å². The predicted octanol–water partition coefficient (Wildman–Crippen LogP) is 4.05. The molecule has 9 heteroatoms. The molecular weight excluding hydrogens is 518 g/mol. The van der Waals surface area contributed by atoms with Crippen molar-refractivity contribution in [3.8, 4) is 11.5 Å². The van der Waals surface area contributed by atoms with Crippen LogP contribution in [-0.2, 0) is 16.0 Å². The number of nitrogens with zero attached hydrogens (tertiary/aromatic N) is 1. The van der Waals surface area contributed by atoms with E-state index >= 15 is 0 Å². The van der Waals surface area contributed by atoms with Crippen LogP contribution in [0.25, 0.3) is 0 Å². The Bertz CT molecular complexity index is 854. The highest BCUT2D eigenvalue weighted by Gasteiger charge is 2.40. The Labute approximate surface area is 242 Å². The fourth-order valence-corrected chi connectivity index (χ4v) is 5.46. The number of nitrogens with one attached hydrogen (secondary N) is 1. The number of halogens is 1. The molecule has 1 amide bonds. The number of aliphatic hydroxyl groups excluding tert-OH is 1. The SMILES string of the molecule is COCCCOc1cc(C[C@@H](C[C@H](N)[C@@H](O)CNC(=O)C(C)(C)C2CCCCN2C)C(C)C)ccc1OC.Cl. The number of aliphatic hydroxyl groups is 1. The standard InChI is InChI=1S/C30H53N3O5.ClH/c1-21(2)23(17-22-12-13-26(37-7)27(18-22)38-16-10-15-36-6)19-24(31)25(34)20-32-29(35)30(3,4)28-11-8-9-14-33(28)5;/h12-13,18,21,23-25,28,34H,8-11,14-17,19-20,31H2,1-7H3,(H,32,35);1H/t23-,24-,25-,28?;/m0./s1. The smallest absolute Gasteiger partial charge is 0.227 e. The number of hydrogen-bond acceptors (Lipinski definition) is 7. The average molecular weight is 572 g/mol. The molecular formula is C30H54ClN3O5. The second-order valence-corrected chi connectivity index (χ2v) is 11.8. The van der Waals surface area contributed by atoms with Crippen LogP contribution in [0.3, 0.4) is 0 Å². The molecule has 4 N–H and O–H groups in total. The molecule has 1 unspecified atom stereocenters. The number of carbonyl (C=O) groups excluding carboxylic acids is 1. The van der Waals surface area contributed by atoms with Crippen LogP contribution in [0.5, 0.6) is 11.5 Å². The van der Waals surface area contributed by atoms with Gasteiger partial charge < -0.3 is 35.3 Å². The summed E-state index contributed by atoms with van der Waals surface area (Å²) in [6.07, 6.45) is 4.79. The van der Waals surface area contributed by atoms with E-state index in [0.717, 1.165) is 43.5 Å². The molecule has 1 aromatic rings. The number of rotatable bonds is 16. The van der Waals surface area contributed by atoms with Gasteiger partial charge in [-0.1, -0.05) is 26.3 Å². The number of hydrogen-bond donors (Lipinski definition) is 3. The first-order valence-electron chi connectivity index (χ1n) is 14.2. The Kier molecular flexibility index (Phi) is 15.7. The molecule has 1 aliphatic rings. The normalized spacial score (nSPS) is 18.7. The van der Waals surface area contributed by atoms with E-state index in [2.05, 4.69) is 37.2 Å². The van der Waals surface area contributed by atoms with Crippen LogP contribution in [0, 0.1) is 17.3 Å². The van der Waals surface area contributed by atoms with Crippen LogP contribution in [-0.4, -0.2) is 81.7 Å². The maximum Gasteiger partial charge on any atom is 0.227 e. The van der Waals surface area contributed by atoms with Crippen LogP contribution >= 0.6 is 12.4 Å². The van der Waals surface area contributed by atoms with E-state index in [1.54, 1.807) is 14.2 Å². The molecule has 1 aliphatic heterocycles. The fourth-order valence-electron chi connectivity index (χ4n) is 5.46. The molecule has 1 aromatic carbocycles. The summed E-state index contributed by atoms with van der Waals surface area (Å²) in [7, 11) is 5.41. The first-order valence-corrected chi connectivity index (χ1v) is 14.2. The van der Waals surface area contributed by atoms with E-state index in [9.17, 15) is 9.90 Å². The topological polar surface area (TPSA) is 106 Å². The molecule has 0 bridgehead atoms. The quantitative estimate of drug-likeness (QED) is 0.257. The summed E-state index contributed by atoms with van der Waals surface area (Å²) in [5.41, 5.74) is 7.08. The maximum atomic E-state index is 13.1. The summed E-state index contributed by atoms with van der Waals surface area (Å²) in [6, 6.07) is 5.79. The Morgan fingerprint density at radius 1 is 1.21 bits per heavy atom. The lowest BCUT2D eigenvalue weighted by atomic mass is 9.78. The first-order chi connectivity index (χ1) is 18.0. The third kappa shape index (κ3) is 10.7. The van der Waals surface area contributed by atoms with Crippen molar-refractivity contribution in [2.75, 3.05) is 47.6 Å². The van der Waals surface area contributed by atoms with Gasteiger partial charge in [-0.25, -0.2) is 0 Å². The van der Waals surface area contributed by atoms with Crippen molar-refractivity contribution in [3.63, 3.8) is 0 Å². The van der Waals surface area contributed by atoms with E-state index < -0.39 is 17.6 Å². The van der Waals surface area contributed by atoms with E-state index in [-0.39, 0.29) is 36.8 Å². The first kappa shape index (κ1) is 35.4. The van der Waals surface area contributed by atoms with Crippen molar-refractivity contribution in [2.45, 2.75) is 84.4 Å². The monoisotopic (exact) mass is 571 g/mol. The zero-order valence-corrected chi connectivity index (χ0v) is 26.0. The molecule has 1 heterocycles. The van der Waals surface area contributed by atoms with Crippen molar-refractivity contribution in [3.05, 3.63) is 23.8 Å². The Balaban J connectivity index is 0.00000760. The number of methoxy groups -OCH3 is 2. The van der Waals surface area contributed by atoms with Gasteiger partial charge in [0.05, 0.1) is 25.2 Å². The number of ether oxygens (including phenoxy) is 3. The van der Waals surface area contributed by atoms with Crippen molar-refractivity contribution in [2.24, 2.45) is 23.0 Å². The van der Waals surface area contributed by atoms with Crippen LogP contribution in [0.4, 0.5) is 0 Å². The van der Waals surface area contributed by atoms with Gasteiger partial charge in [-0.05, 0) is 82.7 Å². The van der Waals surface area contributed by atoms with E-state index in [1.165, 1.54) is 6.42 Å². The van der Waals surface area contributed by atoms with Gasteiger partial charge in [-0.3, -0.25) is 4.79 Å². The summed E-state index contributed by atoms with van der Waals surface area (Å²) < 4.78 is 16.5. The molecule has 1 fully saturated rings. The summed E-state index contributed by atoms with van der Waals surface area (Å²) in [5, 5.41) is 13.8. The van der Waals surface area contributed by atoms with Crippen molar-refractivity contribution in [1.29, 1.82) is 0 Å². The fraction of sp³-hybridized carbons (Fsp3) is 0.767. The molecule has 0 radical (unpaired) electrons. The third-order valence-electron chi connectivity index (χ3n) is 8.15. The summed E-state index contributed by atoms with van der Waals surface area (Å²) >= 11 is 0. The minimum absolute atomic E-state index is 0. The van der Waals surface area contributed by atoms with Crippen LogP contribution in [0.1, 0.15) is 65.4 Å². The van der Waals surface area contributed by atoms with E-state index in [1.807, 2.05) is 26.0 Å². The minimum atomic E-state index is -0.810. The molecule has 226 valence electrons. The van der Waals surface area contributed by atoms with Gasteiger partial charge in [0, 0.05) is 38.8 Å². The molecule has 39 heavy (non-hydrogen) atoms. The maximum absolute atomic E-state index is 13.1. The second kappa shape index (κ2) is 17.3. The number of likely N-dealkylation sites (tertiary alicyclic amines) is 1. The molecule has 0 saturated carbocycles. The molecule has 1 saturated heterocycles. The predicted molar refractivity (Wildman–Crippen MR) is 160 cm³/mol. The van der Waals surface area contributed by atoms with Gasteiger partial charge in [0.15, 0.2) is 11.5 Å². The number of carbonyl (C=O) groups is 1. The highest BCUT2D eigenvalue weighted by Crippen LogP contribution is 2.33. The van der Waals surface area contributed by atoms with Gasteiger partial charge in [0.2, 0.25) is 5.91 Å². The Morgan fingerprint density at radius 2 is 1.92 bits per heavy atom. The van der Waals surface area contributed by atoms with E-state index in [4.69, 9.17) is 19.9 Å². The molecule has 0 aromatic heterocycles. The van der Waals surface area contributed by atoms with Crippen molar-refractivity contribution >= 4 is 18.3 Å². The van der Waals surface area contributed by atoms with Gasteiger partial charge in [0.1, 0.15) is 0 Å². The number of amides is 1. The molecule has 8 nitrogen and oxygen atoms in total. The van der Waals surface area contributed by atoms with Crippen LogP contribution < -0.4 is 20.5 Å². The minimum Gasteiger partial charge on any atom is -0.493 e. The lowest BCUT2D eigenvalue weighted by Crippen LogP contribution is -2.55. The van der Waals surface area contributed by atoms with Crippen LogP contribution in [0.2, 0.25) is 0 Å². The third-order valence-corrected chi connectivity index (χ3v) is 8.15.